The molecule has 0 radical (unpaired) electrons. The van der Waals surface area contributed by atoms with Crippen LogP contribution in [-0.2, 0) is 13.6 Å². The molecule has 1 unspecified atom stereocenters. The molecule has 0 bridgehead atoms. The minimum absolute atomic E-state index is 0.213. The summed E-state index contributed by atoms with van der Waals surface area (Å²) < 4.78 is 21.9. The van der Waals surface area contributed by atoms with Gasteiger partial charge in [-0.1, -0.05) is 12.8 Å². The van der Waals surface area contributed by atoms with E-state index in [0.29, 0.717) is 17.6 Å². The van der Waals surface area contributed by atoms with E-state index in [1.54, 1.807) is 0 Å². The Morgan fingerprint density at radius 1 is 1.06 bits per heavy atom. The molecule has 0 amide bonds. The molecule has 0 spiro atoms. The molecule has 0 rings (SSSR count). The number of nitrogens with zero attached hydrogens (tertiary/aromatic N) is 1. The molecule has 0 aliphatic rings. The number of phosphoric ester groups is 1. The Balaban J connectivity index is 3.58. The number of nitrogens with two attached hydrogens (primary N) is 1. The summed E-state index contributed by atoms with van der Waals surface area (Å²) in [6.07, 6.45) is 3.72. The average Bonchev–Trinajstić information content (AvgIpc) is 2.21. The highest BCUT2D eigenvalue weighted by Gasteiger charge is 2.21. The summed E-state index contributed by atoms with van der Waals surface area (Å²) in [6, 6.07) is 0. The highest BCUT2D eigenvalue weighted by atomic mass is 31.2. The molecule has 6 nitrogen and oxygen atoms in total. The lowest BCUT2D eigenvalue weighted by molar-refractivity contribution is -0.870. The molecule has 0 saturated heterocycles. The number of likely N-dealkylation sites (N-methyl/N-ethyl adjacent to an activating group) is 1. The lowest BCUT2D eigenvalue weighted by Gasteiger charge is -2.24. The van der Waals surface area contributed by atoms with Crippen LogP contribution >= 0.6 is 7.82 Å². The highest BCUT2D eigenvalue weighted by molar-refractivity contribution is 7.47. The van der Waals surface area contributed by atoms with Crippen molar-refractivity contribution in [1.82, 2.24) is 0 Å². The van der Waals surface area contributed by atoms with Crippen molar-refractivity contribution in [3.05, 3.63) is 0 Å². The first-order valence-electron chi connectivity index (χ1n) is 6.39. The minimum Gasteiger partial charge on any atom is -0.330 e. The van der Waals surface area contributed by atoms with Gasteiger partial charge in [0.15, 0.2) is 0 Å². The first-order valence-corrected chi connectivity index (χ1v) is 7.89. The molecular formula is C11H28N2O4P+. The van der Waals surface area contributed by atoms with Crippen molar-refractivity contribution in [2.45, 2.75) is 25.7 Å². The second-order valence-corrected chi connectivity index (χ2v) is 6.81. The van der Waals surface area contributed by atoms with Crippen LogP contribution < -0.4 is 5.73 Å². The Hall–Kier alpha value is 0.0300. The zero-order chi connectivity index (χ0) is 14.1. The lowest BCUT2D eigenvalue weighted by Crippen LogP contribution is -2.37. The molecule has 3 N–H and O–H groups in total. The van der Waals surface area contributed by atoms with Gasteiger partial charge in [-0.05, 0) is 19.4 Å². The van der Waals surface area contributed by atoms with Gasteiger partial charge in [-0.15, -0.1) is 0 Å². The molecule has 0 aliphatic carbocycles. The van der Waals surface area contributed by atoms with Crippen LogP contribution in [0.1, 0.15) is 25.7 Å². The summed E-state index contributed by atoms with van der Waals surface area (Å²) in [4.78, 5) is 9.40. The first kappa shape index (κ1) is 18.0. The Bertz CT molecular complexity index is 256. The van der Waals surface area contributed by atoms with E-state index < -0.39 is 7.82 Å². The molecule has 0 aliphatic heterocycles. The third-order valence-electron chi connectivity index (χ3n) is 2.37. The predicted molar refractivity (Wildman–Crippen MR) is 72.2 cm³/mol. The maximum absolute atomic E-state index is 11.5. The molecule has 7 heteroatoms. The number of unbranched alkanes of at least 4 members (excludes halogenated alkanes) is 3. The molecule has 1 atom stereocenters. The number of rotatable bonds is 11. The maximum atomic E-state index is 11.5. The van der Waals surface area contributed by atoms with Crippen LogP contribution in [-0.4, -0.2) is 56.8 Å². The zero-order valence-corrected chi connectivity index (χ0v) is 12.7. The topological polar surface area (TPSA) is 81.8 Å². The molecule has 0 aromatic rings. The summed E-state index contributed by atoms with van der Waals surface area (Å²) in [5.74, 6) is 0. The standard InChI is InChI=1S/C11H27N2O4P/c1-13(2,3)9-11-17-18(14,15)16-10-7-5-4-6-8-12/h4-12H2,1-3H3/p+1. The molecule has 0 fully saturated rings. The zero-order valence-electron chi connectivity index (χ0n) is 11.8. The van der Waals surface area contributed by atoms with E-state index in [1.165, 1.54) is 0 Å². The third kappa shape index (κ3) is 12.5. The second kappa shape index (κ2) is 9.02. The molecule has 18 heavy (non-hydrogen) atoms. The van der Waals surface area contributed by atoms with Gasteiger partial charge < -0.3 is 15.1 Å². The largest absolute Gasteiger partial charge is 0.472 e. The van der Waals surface area contributed by atoms with Crippen LogP contribution in [0.5, 0.6) is 0 Å². The fourth-order valence-electron chi connectivity index (χ4n) is 1.25. The van der Waals surface area contributed by atoms with Crippen molar-refractivity contribution >= 4 is 7.82 Å². The van der Waals surface area contributed by atoms with Gasteiger partial charge in [-0.3, -0.25) is 9.05 Å². The van der Waals surface area contributed by atoms with Crippen LogP contribution in [0.25, 0.3) is 0 Å². The van der Waals surface area contributed by atoms with E-state index in [2.05, 4.69) is 0 Å². The third-order valence-corrected chi connectivity index (χ3v) is 3.39. The second-order valence-electron chi connectivity index (χ2n) is 5.35. The lowest BCUT2D eigenvalue weighted by atomic mass is 10.2. The molecule has 0 aromatic heterocycles. The number of quaternary nitrogens is 1. The van der Waals surface area contributed by atoms with Gasteiger partial charge in [-0.25, -0.2) is 4.57 Å². The van der Waals surface area contributed by atoms with Gasteiger partial charge in [0.25, 0.3) is 0 Å². The van der Waals surface area contributed by atoms with Gasteiger partial charge in [0.05, 0.1) is 27.7 Å². The summed E-state index contributed by atoms with van der Waals surface area (Å²) in [6.45, 7) is 1.81. The van der Waals surface area contributed by atoms with Crippen molar-refractivity contribution in [3.63, 3.8) is 0 Å². The molecule has 0 saturated carbocycles. The first-order chi connectivity index (χ1) is 8.27. The van der Waals surface area contributed by atoms with Gasteiger partial charge in [0.1, 0.15) is 13.2 Å². The van der Waals surface area contributed by atoms with Crippen LogP contribution in [0.3, 0.4) is 0 Å². The molecule has 0 aromatic carbocycles. The van der Waals surface area contributed by atoms with Gasteiger partial charge in [0, 0.05) is 0 Å². The predicted octanol–water partition coefficient (Wildman–Crippen LogP) is 1.35. The van der Waals surface area contributed by atoms with Gasteiger partial charge in [0.2, 0.25) is 0 Å². The van der Waals surface area contributed by atoms with Crippen LogP contribution in [0, 0.1) is 0 Å². The molecule has 110 valence electrons. The van der Waals surface area contributed by atoms with Gasteiger partial charge in [-0.2, -0.15) is 0 Å². The quantitative estimate of drug-likeness (QED) is 0.340. The molecule has 0 heterocycles. The van der Waals surface area contributed by atoms with E-state index in [9.17, 15) is 9.46 Å². The Morgan fingerprint density at radius 2 is 1.61 bits per heavy atom. The van der Waals surface area contributed by atoms with E-state index in [-0.39, 0.29) is 13.2 Å². The normalized spacial score (nSPS) is 15.6. The van der Waals surface area contributed by atoms with Crippen molar-refractivity contribution in [3.8, 4) is 0 Å². The van der Waals surface area contributed by atoms with Crippen LogP contribution in [0.4, 0.5) is 0 Å². The Morgan fingerprint density at radius 3 is 2.17 bits per heavy atom. The van der Waals surface area contributed by atoms with E-state index in [1.807, 2.05) is 21.1 Å². The molecular weight excluding hydrogens is 255 g/mol. The van der Waals surface area contributed by atoms with E-state index >= 15 is 0 Å². The summed E-state index contributed by atoms with van der Waals surface area (Å²) >= 11 is 0. The Labute approximate surface area is 110 Å². The summed E-state index contributed by atoms with van der Waals surface area (Å²) in [5.41, 5.74) is 5.37. The van der Waals surface area contributed by atoms with Crippen molar-refractivity contribution in [1.29, 1.82) is 0 Å². The smallest absolute Gasteiger partial charge is 0.330 e. The summed E-state index contributed by atoms with van der Waals surface area (Å²) in [7, 11) is 2.10. The SMILES string of the molecule is C[N+](C)(C)CCOP(=O)(O)OCCCCCCN. The van der Waals surface area contributed by atoms with E-state index in [0.717, 1.165) is 25.7 Å². The monoisotopic (exact) mass is 283 g/mol. The van der Waals surface area contributed by atoms with Gasteiger partial charge >= 0.3 is 7.82 Å². The minimum atomic E-state index is -3.87. The van der Waals surface area contributed by atoms with Crippen molar-refractivity contribution < 1.29 is 23.0 Å². The fourth-order valence-corrected chi connectivity index (χ4v) is 1.99. The van der Waals surface area contributed by atoms with Crippen molar-refractivity contribution in [2.75, 3.05) is 47.4 Å². The highest BCUT2D eigenvalue weighted by Crippen LogP contribution is 2.43. The number of hydrogen-bond donors (Lipinski definition) is 2. The van der Waals surface area contributed by atoms with Crippen molar-refractivity contribution in [2.24, 2.45) is 5.73 Å². The average molecular weight is 283 g/mol. The van der Waals surface area contributed by atoms with Crippen LogP contribution in [0.2, 0.25) is 0 Å². The summed E-state index contributed by atoms with van der Waals surface area (Å²) in [5, 5.41) is 0. The van der Waals surface area contributed by atoms with Crippen LogP contribution in [0.15, 0.2) is 0 Å². The Kier molecular flexibility index (Phi) is 9.03. The number of phosphoric acid groups is 1. The fraction of sp³-hybridized carbons (Fsp3) is 1.00. The number of hydrogen-bond acceptors (Lipinski definition) is 4. The van der Waals surface area contributed by atoms with E-state index in [4.69, 9.17) is 14.8 Å². The maximum Gasteiger partial charge on any atom is 0.472 e.